The molecule has 1 unspecified atom stereocenters. The standard InChI is InChI=1S/C14H22NP/c1-2-3-11-15-16-12-7-10-14(16)13-8-5-4-6-9-13/h4-6,8-9,14-15H,2-3,7,10-12H2,1H3/t14-,16?/m1/s1. The van der Waals surface area contributed by atoms with Gasteiger partial charge in [0.05, 0.1) is 0 Å². The lowest BCUT2D eigenvalue weighted by molar-refractivity contribution is 0.764. The highest BCUT2D eigenvalue weighted by molar-refractivity contribution is 7.56. The summed E-state index contributed by atoms with van der Waals surface area (Å²) >= 11 is 0. The first kappa shape index (κ1) is 12.1. The Bertz CT molecular complexity index is 299. The summed E-state index contributed by atoms with van der Waals surface area (Å²) in [7, 11) is 0.0536. The van der Waals surface area contributed by atoms with Gasteiger partial charge in [0, 0.05) is 5.66 Å². The molecule has 1 aromatic carbocycles. The lowest BCUT2D eigenvalue weighted by Gasteiger charge is -2.21. The summed E-state index contributed by atoms with van der Waals surface area (Å²) in [6, 6.07) is 11.1. The van der Waals surface area contributed by atoms with E-state index in [0.717, 1.165) is 5.66 Å². The number of hydrogen-bond acceptors (Lipinski definition) is 1. The fourth-order valence-corrected chi connectivity index (χ4v) is 5.06. The third-order valence-electron chi connectivity index (χ3n) is 3.28. The Morgan fingerprint density at radius 2 is 2.12 bits per heavy atom. The second-order valence-corrected chi connectivity index (χ2v) is 6.85. The van der Waals surface area contributed by atoms with Crippen molar-refractivity contribution in [1.82, 2.24) is 5.09 Å². The van der Waals surface area contributed by atoms with Crippen molar-refractivity contribution in [3.05, 3.63) is 35.9 Å². The third kappa shape index (κ3) is 3.06. The molecule has 1 N–H and O–H groups in total. The van der Waals surface area contributed by atoms with E-state index in [0.29, 0.717) is 0 Å². The summed E-state index contributed by atoms with van der Waals surface area (Å²) in [4.78, 5) is 0. The van der Waals surface area contributed by atoms with Crippen LogP contribution >= 0.6 is 8.07 Å². The first-order chi connectivity index (χ1) is 7.92. The number of rotatable bonds is 5. The summed E-state index contributed by atoms with van der Waals surface area (Å²) < 4.78 is 0. The first-order valence-electron chi connectivity index (χ1n) is 6.47. The Morgan fingerprint density at radius 3 is 2.88 bits per heavy atom. The van der Waals surface area contributed by atoms with Gasteiger partial charge in [0.2, 0.25) is 0 Å². The van der Waals surface area contributed by atoms with Crippen molar-refractivity contribution in [2.75, 3.05) is 12.7 Å². The molecule has 2 rings (SSSR count). The maximum absolute atomic E-state index is 3.80. The van der Waals surface area contributed by atoms with E-state index >= 15 is 0 Å². The van der Waals surface area contributed by atoms with Gasteiger partial charge in [-0.25, -0.2) is 0 Å². The maximum Gasteiger partial charge on any atom is 0.0172 e. The Morgan fingerprint density at radius 1 is 1.31 bits per heavy atom. The highest BCUT2D eigenvalue weighted by Gasteiger charge is 2.27. The molecule has 0 aliphatic carbocycles. The molecular formula is C14H22NP. The normalized spacial score (nSPS) is 24.8. The lowest BCUT2D eigenvalue weighted by atomic mass is 10.1. The Labute approximate surface area is 100 Å². The molecule has 1 aromatic rings. The van der Waals surface area contributed by atoms with Gasteiger partial charge in [-0.1, -0.05) is 43.7 Å². The lowest BCUT2D eigenvalue weighted by Crippen LogP contribution is -2.11. The number of unbranched alkanes of at least 4 members (excludes halogenated alkanes) is 1. The number of hydrogen-bond donors (Lipinski definition) is 1. The van der Waals surface area contributed by atoms with Crippen LogP contribution < -0.4 is 5.09 Å². The minimum Gasteiger partial charge on any atom is -0.295 e. The van der Waals surface area contributed by atoms with Gasteiger partial charge in [0.1, 0.15) is 0 Å². The summed E-state index contributed by atoms with van der Waals surface area (Å²) in [6.07, 6.45) is 6.82. The fourth-order valence-electron chi connectivity index (χ4n) is 2.38. The summed E-state index contributed by atoms with van der Waals surface area (Å²) in [6.45, 7) is 3.48. The van der Waals surface area contributed by atoms with E-state index < -0.39 is 0 Å². The van der Waals surface area contributed by atoms with Crippen molar-refractivity contribution < 1.29 is 0 Å². The van der Waals surface area contributed by atoms with Gasteiger partial charge >= 0.3 is 0 Å². The highest BCUT2D eigenvalue weighted by Crippen LogP contribution is 2.56. The zero-order valence-corrected chi connectivity index (χ0v) is 11.0. The molecule has 2 heteroatoms. The quantitative estimate of drug-likeness (QED) is 0.592. The Balaban J connectivity index is 1.93. The molecule has 1 fully saturated rings. The van der Waals surface area contributed by atoms with Crippen LogP contribution in [0.15, 0.2) is 30.3 Å². The molecule has 88 valence electrons. The van der Waals surface area contributed by atoms with Gasteiger partial charge in [0.15, 0.2) is 0 Å². The molecule has 1 aliphatic rings. The van der Waals surface area contributed by atoms with Crippen molar-refractivity contribution >= 4 is 8.07 Å². The van der Waals surface area contributed by atoms with E-state index in [1.807, 2.05) is 0 Å². The fraction of sp³-hybridized carbons (Fsp3) is 0.571. The topological polar surface area (TPSA) is 12.0 Å². The molecule has 2 atom stereocenters. The summed E-state index contributed by atoms with van der Waals surface area (Å²) in [5.41, 5.74) is 2.36. The van der Waals surface area contributed by atoms with Gasteiger partial charge in [-0.3, -0.25) is 5.09 Å². The monoisotopic (exact) mass is 235 g/mol. The van der Waals surface area contributed by atoms with Crippen molar-refractivity contribution in [2.24, 2.45) is 0 Å². The van der Waals surface area contributed by atoms with Gasteiger partial charge < -0.3 is 0 Å². The summed E-state index contributed by atoms with van der Waals surface area (Å²) in [5.74, 6) is 0. The van der Waals surface area contributed by atoms with Crippen molar-refractivity contribution in [3.8, 4) is 0 Å². The van der Waals surface area contributed by atoms with E-state index in [4.69, 9.17) is 0 Å². The van der Waals surface area contributed by atoms with E-state index in [2.05, 4.69) is 42.3 Å². The molecular weight excluding hydrogens is 213 g/mol. The largest absolute Gasteiger partial charge is 0.295 e. The van der Waals surface area contributed by atoms with Gasteiger partial charge in [0.25, 0.3) is 0 Å². The minimum absolute atomic E-state index is 0.0536. The molecule has 1 saturated heterocycles. The molecule has 0 radical (unpaired) electrons. The van der Waals surface area contributed by atoms with Crippen LogP contribution in [0.25, 0.3) is 0 Å². The number of nitrogens with one attached hydrogen (secondary N) is 1. The molecule has 0 amide bonds. The Kier molecular flexibility index (Phi) is 4.81. The molecule has 0 bridgehead atoms. The minimum atomic E-state index is 0.0536. The predicted molar refractivity (Wildman–Crippen MR) is 73.1 cm³/mol. The second-order valence-electron chi connectivity index (χ2n) is 4.52. The van der Waals surface area contributed by atoms with Crippen molar-refractivity contribution in [2.45, 2.75) is 38.3 Å². The van der Waals surface area contributed by atoms with Crippen molar-refractivity contribution in [1.29, 1.82) is 0 Å². The molecule has 0 spiro atoms. The van der Waals surface area contributed by atoms with Crippen LogP contribution in [0.1, 0.15) is 43.8 Å². The van der Waals surface area contributed by atoms with E-state index in [9.17, 15) is 0 Å². The molecule has 1 nitrogen and oxygen atoms in total. The molecule has 0 saturated carbocycles. The van der Waals surface area contributed by atoms with Gasteiger partial charge in [-0.05, 0) is 45.6 Å². The van der Waals surface area contributed by atoms with E-state index in [1.54, 1.807) is 5.56 Å². The maximum atomic E-state index is 3.80. The molecule has 16 heavy (non-hydrogen) atoms. The summed E-state index contributed by atoms with van der Waals surface area (Å²) in [5, 5.41) is 3.80. The van der Waals surface area contributed by atoms with Crippen LogP contribution in [0.5, 0.6) is 0 Å². The average Bonchev–Trinajstić information content (AvgIpc) is 2.79. The van der Waals surface area contributed by atoms with Crippen LogP contribution in [0, 0.1) is 0 Å². The number of benzene rings is 1. The molecule has 1 aliphatic heterocycles. The third-order valence-corrected chi connectivity index (χ3v) is 6.02. The zero-order valence-electron chi connectivity index (χ0n) is 10.2. The van der Waals surface area contributed by atoms with Crippen LogP contribution in [-0.4, -0.2) is 12.7 Å². The zero-order chi connectivity index (χ0) is 11.2. The van der Waals surface area contributed by atoms with E-state index in [1.165, 1.54) is 38.4 Å². The van der Waals surface area contributed by atoms with Crippen LogP contribution in [0.3, 0.4) is 0 Å². The molecule has 0 aromatic heterocycles. The van der Waals surface area contributed by atoms with Crippen molar-refractivity contribution in [3.63, 3.8) is 0 Å². The van der Waals surface area contributed by atoms with Crippen LogP contribution in [0.2, 0.25) is 0 Å². The SMILES string of the molecule is CCCCNP1CCC[C@@H]1c1ccccc1. The highest BCUT2D eigenvalue weighted by atomic mass is 31.1. The first-order valence-corrected chi connectivity index (χ1v) is 8.06. The van der Waals surface area contributed by atoms with Gasteiger partial charge in [-0.2, -0.15) is 0 Å². The second kappa shape index (κ2) is 6.37. The van der Waals surface area contributed by atoms with E-state index in [-0.39, 0.29) is 8.07 Å². The van der Waals surface area contributed by atoms with Gasteiger partial charge in [-0.15, -0.1) is 0 Å². The van der Waals surface area contributed by atoms with Crippen LogP contribution in [-0.2, 0) is 0 Å². The predicted octanol–water partition coefficient (Wildman–Crippen LogP) is 4.31. The smallest absolute Gasteiger partial charge is 0.0172 e. The molecule has 1 heterocycles. The van der Waals surface area contributed by atoms with Crippen LogP contribution in [0.4, 0.5) is 0 Å². The Hall–Kier alpha value is -0.390. The average molecular weight is 235 g/mol.